The minimum Gasteiger partial charge on any atom is -0.368 e. The van der Waals surface area contributed by atoms with Crippen LogP contribution in [0.4, 0.5) is 0 Å². The molecule has 0 aromatic rings. The summed E-state index contributed by atoms with van der Waals surface area (Å²) in [5.41, 5.74) is 11.0. The molecule has 2 unspecified atom stereocenters. The van der Waals surface area contributed by atoms with E-state index in [-0.39, 0.29) is 11.4 Å². The lowest BCUT2D eigenvalue weighted by atomic mass is 9.98. The van der Waals surface area contributed by atoms with Crippen molar-refractivity contribution in [2.75, 3.05) is 26.2 Å². The summed E-state index contributed by atoms with van der Waals surface area (Å²) in [6.45, 7) is 11.1. The molecule has 19 heavy (non-hydrogen) atoms. The molecule has 0 aromatic heterocycles. The van der Waals surface area contributed by atoms with Crippen molar-refractivity contribution >= 4 is 5.91 Å². The van der Waals surface area contributed by atoms with E-state index in [9.17, 15) is 4.79 Å². The van der Waals surface area contributed by atoms with Crippen LogP contribution >= 0.6 is 0 Å². The SMILES string of the molecule is CC(C)(C)N1CCN(C2CCC(N)(C(N)=O)C2)CC1. The van der Waals surface area contributed by atoms with Gasteiger partial charge in [-0.1, -0.05) is 0 Å². The molecule has 2 atom stereocenters. The van der Waals surface area contributed by atoms with Gasteiger partial charge in [-0.3, -0.25) is 14.6 Å². The Balaban J connectivity index is 1.88. The van der Waals surface area contributed by atoms with Crippen LogP contribution in [0.2, 0.25) is 0 Å². The normalized spacial score (nSPS) is 34.6. The molecule has 1 amide bonds. The fraction of sp³-hybridized carbons (Fsp3) is 0.929. The lowest BCUT2D eigenvalue weighted by molar-refractivity contribution is -0.123. The topological polar surface area (TPSA) is 75.6 Å². The number of primary amides is 1. The minimum atomic E-state index is -0.772. The van der Waals surface area contributed by atoms with Crippen LogP contribution in [-0.2, 0) is 4.79 Å². The molecule has 0 aromatic carbocycles. The molecular formula is C14H28N4O. The number of hydrogen-bond acceptors (Lipinski definition) is 4. The first-order chi connectivity index (χ1) is 8.72. The van der Waals surface area contributed by atoms with E-state index in [0.29, 0.717) is 6.04 Å². The zero-order chi connectivity index (χ0) is 14.3. The van der Waals surface area contributed by atoms with E-state index in [4.69, 9.17) is 11.5 Å². The summed E-state index contributed by atoms with van der Waals surface area (Å²) in [7, 11) is 0. The van der Waals surface area contributed by atoms with E-state index < -0.39 is 5.54 Å². The van der Waals surface area contributed by atoms with Crippen molar-refractivity contribution in [3.8, 4) is 0 Å². The van der Waals surface area contributed by atoms with Gasteiger partial charge in [0.05, 0.1) is 5.54 Å². The fourth-order valence-electron chi connectivity index (χ4n) is 3.34. The predicted octanol–water partition coefficient (Wildman–Crippen LogP) is 0.138. The molecule has 1 saturated carbocycles. The number of carbonyl (C=O) groups excluding carboxylic acids is 1. The Morgan fingerprint density at radius 1 is 1.21 bits per heavy atom. The molecule has 5 nitrogen and oxygen atoms in total. The molecular weight excluding hydrogens is 240 g/mol. The smallest absolute Gasteiger partial charge is 0.237 e. The van der Waals surface area contributed by atoms with Gasteiger partial charge in [0.15, 0.2) is 0 Å². The number of nitrogens with zero attached hydrogens (tertiary/aromatic N) is 2. The Hall–Kier alpha value is -0.650. The van der Waals surface area contributed by atoms with E-state index in [1.54, 1.807) is 0 Å². The van der Waals surface area contributed by atoms with Gasteiger partial charge in [-0.2, -0.15) is 0 Å². The Kier molecular flexibility index (Phi) is 3.91. The van der Waals surface area contributed by atoms with Gasteiger partial charge in [0, 0.05) is 37.8 Å². The molecule has 1 heterocycles. The predicted molar refractivity (Wildman–Crippen MR) is 76.7 cm³/mol. The third kappa shape index (κ3) is 3.09. The van der Waals surface area contributed by atoms with Crippen molar-refractivity contribution in [2.24, 2.45) is 11.5 Å². The molecule has 0 spiro atoms. The highest BCUT2D eigenvalue weighted by Gasteiger charge is 2.43. The number of hydrogen-bond donors (Lipinski definition) is 2. The lowest BCUT2D eigenvalue weighted by Gasteiger charge is -2.44. The maximum absolute atomic E-state index is 11.4. The van der Waals surface area contributed by atoms with E-state index in [1.807, 2.05) is 0 Å². The van der Waals surface area contributed by atoms with Gasteiger partial charge in [0.25, 0.3) is 0 Å². The zero-order valence-electron chi connectivity index (χ0n) is 12.5. The van der Waals surface area contributed by atoms with Crippen molar-refractivity contribution in [2.45, 2.75) is 57.2 Å². The molecule has 4 N–H and O–H groups in total. The molecule has 1 aliphatic carbocycles. The quantitative estimate of drug-likeness (QED) is 0.747. The highest BCUT2D eigenvalue weighted by Crippen LogP contribution is 2.32. The summed E-state index contributed by atoms with van der Waals surface area (Å²) >= 11 is 0. The Morgan fingerprint density at radius 3 is 2.21 bits per heavy atom. The van der Waals surface area contributed by atoms with Crippen molar-refractivity contribution in [3.05, 3.63) is 0 Å². The van der Waals surface area contributed by atoms with E-state index in [1.165, 1.54) is 0 Å². The van der Waals surface area contributed by atoms with Crippen molar-refractivity contribution in [1.82, 2.24) is 9.80 Å². The maximum atomic E-state index is 11.4. The average Bonchev–Trinajstić information content (AvgIpc) is 2.72. The Labute approximate surface area is 116 Å². The van der Waals surface area contributed by atoms with E-state index in [2.05, 4.69) is 30.6 Å². The second kappa shape index (κ2) is 5.04. The molecule has 1 saturated heterocycles. The third-order valence-electron chi connectivity index (χ3n) is 4.79. The van der Waals surface area contributed by atoms with Gasteiger partial charge < -0.3 is 11.5 Å². The van der Waals surface area contributed by atoms with Crippen LogP contribution < -0.4 is 11.5 Å². The number of rotatable bonds is 2. The first kappa shape index (κ1) is 14.8. The standard InChI is InChI=1S/C14H28N4O/c1-13(2,3)18-8-6-17(7-9-18)11-4-5-14(16,10-11)12(15)19/h11H,4-10,16H2,1-3H3,(H2,15,19). The molecule has 2 rings (SSSR count). The highest BCUT2D eigenvalue weighted by molar-refractivity contribution is 5.84. The molecule has 1 aliphatic heterocycles. The van der Waals surface area contributed by atoms with Crippen LogP contribution in [0.1, 0.15) is 40.0 Å². The van der Waals surface area contributed by atoms with Crippen LogP contribution in [0.5, 0.6) is 0 Å². The number of piperazine rings is 1. The average molecular weight is 268 g/mol. The van der Waals surface area contributed by atoms with E-state index >= 15 is 0 Å². The monoisotopic (exact) mass is 268 g/mol. The first-order valence-electron chi connectivity index (χ1n) is 7.30. The second-order valence-corrected chi connectivity index (χ2v) is 7.11. The summed E-state index contributed by atoms with van der Waals surface area (Å²) in [4.78, 5) is 16.4. The van der Waals surface area contributed by atoms with Crippen LogP contribution in [0.3, 0.4) is 0 Å². The molecule has 2 fully saturated rings. The Morgan fingerprint density at radius 2 is 1.79 bits per heavy atom. The summed E-state index contributed by atoms with van der Waals surface area (Å²) < 4.78 is 0. The van der Waals surface area contributed by atoms with Crippen LogP contribution in [-0.4, -0.2) is 59.0 Å². The number of carbonyl (C=O) groups is 1. The molecule has 0 bridgehead atoms. The van der Waals surface area contributed by atoms with Crippen molar-refractivity contribution in [1.29, 1.82) is 0 Å². The van der Waals surface area contributed by atoms with Crippen molar-refractivity contribution < 1.29 is 4.79 Å². The largest absolute Gasteiger partial charge is 0.368 e. The molecule has 5 heteroatoms. The van der Waals surface area contributed by atoms with Crippen LogP contribution in [0.25, 0.3) is 0 Å². The van der Waals surface area contributed by atoms with Gasteiger partial charge in [-0.25, -0.2) is 0 Å². The summed E-state index contributed by atoms with van der Waals surface area (Å²) in [6.07, 6.45) is 2.44. The van der Waals surface area contributed by atoms with E-state index in [0.717, 1.165) is 45.4 Å². The summed E-state index contributed by atoms with van der Waals surface area (Å²) in [6, 6.07) is 0.430. The molecule has 2 aliphatic rings. The van der Waals surface area contributed by atoms with Crippen LogP contribution in [0, 0.1) is 0 Å². The van der Waals surface area contributed by atoms with Gasteiger partial charge in [-0.15, -0.1) is 0 Å². The van der Waals surface area contributed by atoms with Crippen LogP contribution in [0.15, 0.2) is 0 Å². The second-order valence-electron chi connectivity index (χ2n) is 7.11. The Bertz CT molecular complexity index is 344. The minimum absolute atomic E-state index is 0.243. The number of nitrogens with two attached hydrogens (primary N) is 2. The maximum Gasteiger partial charge on any atom is 0.237 e. The summed E-state index contributed by atoms with van der Waals surface area (Å²) in [5, 5.41) is 0. The molecule has 0 radical (unpaired) electrons. The van der Waals surface area contributed by atoms with Gasteiger partial charge in [0.1, 0.15) is 0 Å². The van der Waals surface area contributed by atoms with Gasteiger partial charge >= 0.3 is 0 Å². The van der Waals surface area contributed by atoms with Gasteiger partial charge in [0.2, 0.25) is 5.91 Å². The van der Waals surface area contributed by atoms with Crippen molar-refractivity contribution in [3.63, 3.8) is 0 Å². The third-order valence-corrected chi connectivity index (χ3v) is 4.79. The highest BCUT2D eigenvalue weighted by atomic mass is 16.1. The molecule has 110 valence electrons. The first-order valence-corrected chi connectivity index (χ1v) is 7.30. The number of amides is 1. The fourth-order valence-corrected chi connectivity index (χ4v) is 3.34. The summed E-state index contributed by atoms with van der Waals surface area (Å²) in [5.74, 6) is -0.344. The lowest BCUT2D eigenvalue weighted by Crippen LogP contribution is -2.56. The zero-order valence-corrected chi connectivity index (χ0v) is 12.5. The van der Waals surface area contributed by atoms with Gasteiger partial charge in [-0.05, 0) is 40.0 Å².